The zero-order chi connectivity index (χ0) is 26.4. The van der Waals surface area contributed by atoms with Crippen LogP contribution in [0, 0.1) is 30.1 Å². The minimum atomic E-state index is -0.830. The van der Waals surface area contributed by atoms with Crippen molar-refractivity contribution in [2.75, 3.05) is 16.8 Å². The zero-order valence-electron chi connectivity index (χ0n) is 21.3. The largest absolute Gasteiger partial charge is 0.492 e. The van der Waals surface area contributed by atoms with Crippen LogP contribution < -0.4 is 15.0 Å². The number of rotatable bonds is 10. The number of anilines is 2. The van der Waals surface area contributed by atoms with Crippen molar-refractivity contribution in [2.45, 2.75) is 57.9 Å². The van der Waals surface area contributed by atoms with E-state index in [1.807, 2.05) is 0 Å². The second kappa shape index (κ2) is 12.3. The molecular weight excluding hydrogens is 486 g/mol. The van der Waals surface area contributed by atoms with Gasteiger partial charge in [0.05, 0.1) is 23.5 Å². The van der Waals surface area contributed by atoms with Gasteiger partial charge in [0.25, 0.3) is 0 Å². The molecule has 194 valence electrons. The standard InChI is InChI=1S/C30H34ClN3O3/c1-4-29(35)34(25-10-12-28(26(31)17-25)37-19-22-7-8-22)27(30(36)33-24-6-5-13-32-18-24)11-9-23-15-20(2)14-21(3)16-23/h1,5-6,10,12-13,17-18,21-23,27H,2,7-9,11,14-16,19H2,3H3,(H,33,36). The summed E-state index contributed by atoms with van der Waals surface area (Å²) in [6.45, 7) is 7.05. The molecule has 4 rings (SSSR count). The molecule has 0 saturated heterocycles. The number of pyridine rings is 1. The van der Waals surface area contributed by atoms with Gasteiger partial charge >= 0.3 is 5.91 Å². The van der Waals surface area contributed by atoms with E-state index in [0.717, 1.165) is 25.7 Å². The van der Waals surface area contributed by atoms with E-state index in [1.54, 1.807) is 42.7 Å². The van der Waals surface area contributed by atoms with Crippen molar-refractivity contribution in [1.82, 2.24) is 4.98 Å². The lowest BCUT2D eigenvalue weighted by molar-refractivity contribution is -0.121. The summed E-state index contributed by atoms with van der Waals surface area (Å²) in [5.74, 6) is 3.36. The topological polar surface area (TPSA) is 71.5 Å². The molecule has 37 heavy (non-hydrogen) atoms. The number of amides is 2. The first-order valence-electron chi connectivity index (χ1n) is 12.9. The number of allylic oxidation sites excluding steroid dienone is 1. The quantitative estimate of drug-likeness (QED) is 0.296. The molecule has 0 aliphatic heterocycles. The molecule has 2 amide bonds. The zero-order valence-corrected chi connectivity index (χ0v) is 22.0. The fourth-order valence-corrected chi connectivity index (χ4v) is 5.36. The Balaban J connectivity index is 1.60. The third-order valence-electron chi connectivity index (χ3n) is 7.05. The van der Waals surface area contributed by atoms with Crippen molar-refractivity contribution in [3.8, 4) is 18.1 Å². The molecule has 2 aliphatic rings. The molecule has 0 spiro atoms. The molecule has 2 aromatic rings. The third-order valence-corrected chi connectivity index (χ3v) is 7.34. The van der Waals surface area contributed by atoms with Crippen molar-refractivity contribution >= 4 is 34.8 Å². The van der Waals surface area contributed by atoms with Crippen LogP contribution in [0.3, 0.4) is 0 Å². The van der Waals surface area contributed by atoms with Crippen LogP contribution in [0.25, 0.3) is 0 Å². The minimum Gasteiger partial charge on any atom is -0.492 e. The van der Waals surface area contributed by atoms with Gasteiger partial charge in [-0.15, -0.1) is 6.42 Å². The van der Waals surface area contributed by atoms with Crippen LogP contribution in [0.2, 0.25) is 5.02 Å². The van der Waals surface area contributed by atoms with Gasteiger partial charge in [-0.2, -0.15) is 0 Å². The maximum atomic E-state index is 13.6. The Bertz CT molecular complexity index is 1170. The minimum absolute atomic E-state index is 0.329. The second-order valence-electron chi connectivity index (χ2n) is 10.4. The van der Waals surface area contributed by atoms with Crippen LogP contribution in [0.15, 0.2) is 54.9 Å². The van der Waals surface area contributed by atoms with Gasteiger partial charge in [-0.25, -0.2) is 0 Å². The van der Waals surface area contributed by atoms with E-state index >= 15 is 0 Å². The molecule has 1 heterocycles. The van der Waals surface area contributed by atoms with Crippen LogP contribution >= 0.6 is 11.6 Å². The molecule has 7 heteroatoms. The van der Waals surface area contributed by atoms with Gasteiger partial charge in [0.1, 0.15) is 11.8 Å². The third kappa shape index (κ3) is 7.36. The molecule has 1 aromatic carbocycles. The molecule has 6 nitrogen and oxygen atoms in total. The number of halogens is 1. The molecule has 0 radical (unpaired) electrons. The molecule has 3 atom stereocenters. The van der Waals surface area contributed by atoms with E-state index in [9.17, 15) is 9.59 Å². The van der Waals surface area contributed by atoms with E-state index in [2.05, 4.69) is 29.7 Å². The second-order valence-corrected chi connectivity index (χ2v) is 10.8. The summed E-state index contributed by atoms with van der Waals surface area (Å²) < 4.78 is 5.85. The Kier molecular flexibility index (Phi) is 8.89. The SMILES string of the molecule is C#CC(=O)N(c1ccc(OCC2CC2)c(Cl)c1)C(CCC1CC(=C)CC(C)C1)C(=O)Nc1cccnc1. The fraction of sp³-hybridized carbons (Fsp3) is 0.433. The summed E-state index contributed by atoms with van der Waals surface area (Å²) in [5.41, 5.74) is 2.25. The Hall–Kier alpha value is -3.30. The summed E-state index contributed by atoms with van der Waals surface area (Å²) in [6, 6.07) is 7.78. The number of hydrogen-bond acceptors (Lipinski definition) is 4. The van der Waals surface area contributed by atoms with Crippen molar-refractivity contribution in [3.05, 3.63) is 59.9 Å². The molecular formula is C30H34ClN3O3. The first-order valence-corrected chi connectivity index (χ1v) is 13.3. The maximum Gasteiger partial charge on any atom is 0.303 e. The smallest absolute Gasteiger partial charge is 0.303 e. The lowest BCUT2D eigenvalue weighted by atomic mass is 9.77. The number of hydrogen-bond donors (Lipinski definition) is 1. The Morgan fingerprint density at radius 2 is 2.11 bits per heavy atom. The number of terminal acetylenes is 1. The van der Waals surface area contributed by atoms with Gasteiger partial charge in [-0.05, 0) is 99.0 Å². The van der Waals surface area contributed by atoms with Crippen LogP contribution in [-0.4, -0.2) is 29.4 Å². The Labute approximate surface area is 224 Å². The summed E-state index contributed by atoms with van der Waals surface area (Å²) in [4.78, 5) is 32.2. The van der Waals surface area contributed by atoms with Crippen molar-refractivity contribution in [3.63, 3.8) is 0 Å². The van der Waals surface area contributed by atoms with E-state index in [0.29, 0.717) is 52.9 Å². The number of benzene rings is 1. The maximum absolute atomic E-state index is 13.6. The average Bonchev–Trinajstić information content (AvgIpc) is 3.70. The van der Waals surface area contributed by atoms with Gasteiger partial charge in [-0.3, -0.25) is 19.5 Å². The highest BCUT2D eigenvalue weighted by Crippen LogP contribution is 2.37. The van der Waals surface area contributed by atoms with Crippen LogP contribution in [0.1, 0.15) is 51.9 Å². The highest BCUT2D eigenvalue weighted by atomic mass is 35.5. The predicted molar refractivity (Wildman–Crippen MR) is 148 cm³/mol. The highest BCUT2D eigenvalue weighted by Gasteiger charge is 2.33. The summed E-state index contributed by atoms with van der Waals surface area (Å²) in [7, 11) is 0. The number of carbonyl (C=O) groups is 2. The van der Waals surface area contributed by atoms with Gasteiger partial charge in [0.2, 0.25) is 5.91 Å². The monoisotopic (exact) mass is 519 g/mol. The predicted octanol–water partition coefficient (Wildman–Crippen LogP) is 6.27. The van der Waals surface area contributed by atoms with Crippen molar-refractivity contribution < 1.29 is 14.3 Å². The van der Waals surface area contributed by atoms with Gasteiger partial charge in [0, 0.05) is 11.9 Å². The van der Waals surface area contributed by atoms with Crippen LogP contribution in [0.4, 0.5) is 11.4 Å². The van der Waals surface area contributed by atoms with Crippen LogP contribution in [0.5, 0.6) is 5.75 Å². The van der Waals surface area contributed by atoms with E-state index < -0.39 is 11.9 Å². The lowest BCUT2D eigenvalue weighted by Crippen LogP contribution is -2.47. The number of aromatic nitrogens is 1. The van der Waals surface area contributed by atoms with Crippen molar-refractivity contribution in [2.24, 2.45) is 17.8 Å². The molecule has 3 unspecified atom stereocenters. The first-order chi connectivity index (χ1) is 17.8. The molecule has 1 N–H and O–H groups in total. The molecule has 0 bridgehead atoms. The fourth-order valence-electron chi connectivity index (χ4n) is 5.13. The Morgan fingerprint density at radius 1 is 1.30 bits per heavy atom. The average molecular weight is 520 g/mol. The molecule has 2 aliphatic carbocycles. The van der Waals surface area contributed by atoms with Gasteiger partial charge in [0.15, 0.2) is 0 Å². The van der Waals surface area contributed by atoms with E-state index in [4.69, 9.17) is 22.8 Å². The number of nitrogens with one attached hydrogen (secondary N) is 1. The van der Waals surface area contributed by atoms with E-state index in [-0.39, 0.29) is 5.91 Å². The van der Waals surface area contributed by atoms with Gasteiger partial charge < -0.3 is 10.1 Å². The highest BCUT2D eigenvalue weighted by molar-refractivity contribution is 6.32. The summed E-state index contributed by atoms with van der Waals surface area (Å²) in [6.07, 6.45) is 15.4. The number of carbonyl (C=O) groups excluding carboxylic acids is 2. The molecule has 1 aromatic heterocycles. The lowest BCUT2D eigenvalue weighted by Gasteiger charge is -2.33. The molecule has 2 fully saturated rings. The summed E-state index contributed by atoms with van der Waals surface area (Å²) >= 11 is 6.54. The summed E-state index contributed by atoms with van der Waals surface area (Å²) in [5, 5.41) is 3.28. The van der Waals surface area contributed by atoms with Crippen LogP contribution in [-0.2, 0) is 9.59 Å². The molecule has 2 saturated carbocycles. The van der Waals surface area contributed by atoms with E-state index in [1.165, 1.54) is 23.3 Å². The normalized spacial score (nSPS) is 20.0. The number of ether oxygens (including phenoxy) is 1. The van der Waals surface area contributed by atoms with Crippen molar-refractivity contribution in [1.29, 1.82) is 0 Å². The van der Waals surface area contributed by atoms with Gasteiger partial charge in [-0.1, -0.05) is 30.7 Å². The number of nitrogens with zero attached hydrogens (tertiary/aromatic N) is 2. The Morgan fingerprint density at radius 3 is 2.76 bits per heavy atom. The first kappa shape index (κ1) is 26.8.